The fourth-order valence-electron chi connectivity index (χ4n) is 3.91. The summed E-state index contributed by atoms with van der Waals surface area (Å²) in [5.41, 5.74) is 2.99. The largest absolute Gasteiger partial charge is 0.462 e. The van der Waals surface area contributed by atoms with Gasteiger partial charge in [-0.2, -0.15) is 0 Å². The van der Waals surface area contributed by atoms with Crippen LogP contribution in [0, 0.1) is 0 Å². The summed E-state index contributed by atoms with van der Waals surface area (Å²) >= 11 is 13.3. The third-order valence-corrected chi connectivity index (χ3v) is 7.36. The Morgan fingerprint density at radius 1 is 1.06 bits per heavy atom. The number of nitrogens with one attached hydrogen (secondary N) is 1. The number of piperazine rings is 1. The number of carbonyl (C=O) groups is 1. The Hall–Kier alpha value is -2.45. The molecule has 0 spiro atoms. The van der Waals surface area contributed by atoms with Gasteiger partial charge in [0, 0.05) is 49.0 Å². The molecule has 0 saturated carbocycles. The molecule has 4 rings (SSSR count). The molecular formula is C26H28ClN3O2S2. The molecule has 3 aromatic rings. The number of thiophene rings is 1. The summed E-state index contributed by atoms with van der Waals surface area (Å²) in [7, 11) is 0. The maximum atomic E-state index is 12.6. The summed E-state index contributed by atoms with van der Waals surface area (Å²) in [5.74, 6) is -0.323. The van der Waals surface area contributed by atoms with Gasteiger partial charge in [0.15, 0.2) is 5.11 Å². The Bertz CT molecular complexity index is 1110. The summed E-state index contributed by atoms with van der Waals surface area (Å²) in [6.07, 6.45) is 0.760. The highest BCUT2D eigenvalue weighted by atomic mass is 35.5. The predicted molar refractivity (Wildman–Crippen MR) is 144 cm³/mol. The Balaban J connectivity index is 1.38. The molecule has 0 atom stereocenters. The average Bonchev–Trinajstić information content (AvgIpc) is 3.24. The van der Waals surface area contributed by atoms with Gasteiger partial charge in [0.2, 0.25) is 0 Å². The van der Waals surface area contributed by atoms with Crippen molar-refractivity contribution in [3.05, 3.63) is 87.3 Å². The van der Waals surface area contributed by atoms with Crippen LogP contribution in [0.15, 0.2) is 60.7 Å². The number of benzene rings is 2. The van der Waals surface area contributed by atoms with E-state index in [0.717, 1.165) is 54.0 Å². The number of hydrogen-bond acceptors (Lipinski definition) is 5. The average molecular weight is 514 g/mol. The third kappa shape index (κ3) is 6.57. The lowest BCUT2D eigenvalue weighted by molar-refractivity contribution is 0.0528. The highest BCUT2D eigenvalue weighted by Gasteiger charge is 2.23. The van der Waals surface area contributed by atoms with Gasteiger partial charge in [0.1, 0.15) is 5.00 Å². The molecule has 1 saturated heterocycles. The Labute approximate surface area is 215 Å². The minimum absolute atomic E-state index is 0.323. The highest BCUT2D eigenvalue weighted by molar-refractivity contribution is 7.80. The smallest absolute Gasteiger partial charge is 0.341 e. The summed E-state index contributed by atoms with van der Waals surface area (Å²) < 4.78 is 5.29. The molecule has 1 aliphatic rings. The minimum Gasteiger partial charge on any atom is -0.462 e. The van der Waals surface area contributed by atoms with Crippen LogP contribution in [0.3, 0.4) is 0 Å². The molecule has 1 aromatic heterocycles. The van der Waals surface area contributed by atoms with Crippen molar-refractivity contribution in [1.82, 2.24) is 9.80 Å². The van der Waals surface area contributed by atoms with Crippen LogP contribution in [-0.4, -0.2) is 53.7 Å². The van der Waals surface area contributed by atoms with Gasteiger partial charge in [0.25, 0.3) is 0 Å². The highest BCUT2D eigenvalue weighted by Crippen LogP contribution is 2.31. The first-order valence-corrected chi connectivity index (χ1v) is 13.0. The van der Waals surface area contributed by atoms with Crippen LogP contribution < -0.4 is 5.32 Å². The van der Waals surface area contributed by atoms with Gasteiger partial charge >= 0.3 is 5.97 Å². The molecule has 0 amide bonds. The van der Waals surface area contributed by atoms with Crippen LogP contribution in [0.1, 0.15) is 33.3 Å². The molecule has 178 valence electrons. The quantitative estimate of drug-likeness (QED) is 0.324. The SMILES string of the molecule is CCOC(=O)c1cc(Cc2ccccc2)sc1NC(=S)N1CCN(Cc2ccc(Cl)cc2)CC1. The number of carbonyl (C=O) groups excluding carboxylic acids is 1. The van der Waals surface area contributed by atoms with Gasteiger partial charge in [-0.25, -0.2) is 4.79 Å². The summed E-state index contributed by atoms with van der Waals surface area (Å²) in [4.78, 5) is 18.3. The number of anilines is 1. The van der Waals surface area contributed by atoms with Crippen LogP contribution in [0.25, 0.3) is 0 Å². The Morgan fingerprint density at radius 3 is 2.44 bits per heavy atom. The maximum absolute atomic E-state index is 12.6. The molecule has 0 bridgehead atoms. The first-order valence-electron chi connectivity index (χ1n) is 11.4. The molecule has 1 aliphatic heterocycles. The topological polar surface area (TPSA) is 44.8 Å². The summed E-state index contributed by atoms with van der Waals surface area (Å²) in [5, 5.41) is 5.49. The molecule has 1 fully saturated rings. The zero-order valence-electron chi connectivity index (χ0n) is 19.1. The predicted octanol–water partition coefficient (Wildman–Crippen LogP) is 5.68. The van der Waals surface area contributed by atoms with E-state index in [-0.39, 0.29) is 5.97 Å². The van der Waals surface area contributed by atoms with Gasteiger partial charge in [-0.3, -0.25) is 4.90 Å². The van der Waals surface area contributed by atoms with Crippen molar-refractivity contribution >= 4 is 51.2 Å². The van der Waals surface area contributed by atoms with Gasteiger partial charge in [-0.1, -0.05) is 54.1 Å². The normalized spacial score (nSPS) is 14.1. The first kappa shape index (κ1) is 24.7. The molecule has 2 heterocycles. The van der Waals surface area contributed by atoms with E-state index in [1.807, 2.05) is 43.3 Å². The second kappa shape index (κ2) is 11.8. The number of thiocarbonyl (C=S) groups is 1. The molecule has 0 radical (unpaired) electrons. The van der Waals surface area contributed by atoms with Crippen molar-refractivity contribution in [3.8, 4) is 0 Å². The second-order valence-corrected chi connectivity index (χ2v) is 10.1. The van der Waals surface area contributed by atoms with Crippen LogP contribution in [0.2, 0.25) is 5.02 Å². The second-order valence-electron chi connectivity index (χ2n) is 8.16. The van der Waals surface area contributed by atoms with Crippen LogP contribution in [0.5, 0.6) is 0 Å². The van der Waals surface area contributed by atoms with E-state index >= 15 is 0 Å². The number of esters is 1. The molecule has 8 heteroatoms. The standard InChI is InChI=1S/C26H28ClN3O2S2/c1-2-32-25(31)23-17-22(16-19-6-4-3-5-7-19)34-24(23)28-26(33)30-14-12-29(13-15-30)18-20-8-10-21(27)11-9-20/h3-11,17H,2,12-16,18H2,1H3,(H,28,33). The van der Waals surface area contributed by atoms with Gasteiger partial charge in [0.05, 0.1) is 12.2 Å². The lowest BCUT2D eigenvalue weighted by Crippen LogP contribution is -2.49. The lowest BCUT2D eigenvalue weighted by atomic mass is 10.1. The lowest BCUT2D eigenvalue weighted by Gasteiger charge is -2.36. The monoisotopic (exact) mass is 513 g/mol. The molecule has 5 nitrogen and oxygen atoms in total. The molecule has 34 heavy (non-hydrogen) atoms. The Morgan fingerprint density at radius 2 is 1.76 bits per heavy atom. The Kier molecular flexibility index (Phi) is 8.56. The van der Waals surface area contributed by atoms with E-state index in [4.69, 9.17) is 28.6 Å². The van der Waals surface area contributed by atoms with Gasteiger partial charge in [-0.05, 0) is 48.5 Å². The number of nitrogens with zero attached hydrogens (tertiary/aromatic N) is 2. The van der Waals surface area contributed by atoms with E-state index in [1.54, 1.807) is 11.3 Å². The zero-order valence-corrected chi connectivity index (χ0v) is 21.5. The van der Waals surface area contributed by atoms with E-state index in [2.05, 4.69) is 39.4 Å². The first-order chi connectivity index (χ1) is 16.5. The van der Waals surface area contributed by atoms with Crippen molar-refractivity contribution in [2.75, 3.05) is 38.1 Å². The van der Waals surface area contributed by atoms with E-state index in [1.165, 1.54) is 11.1 Å². The number of halogens is 1. The summed E-state index contributed by atoms with van der Waals surface area (Å²) in [6.45, 7) is 6.54. The van der Waals surface area contributed by atoms with Crippen LogP contribution >= 0.6 is 35.2 Å². The maximum Gasteiger partial charge on any atom is 0.341 e. The van der Waals surface area contributed by atoms with Crippen LogP contribution in [-0.2, 0) is 17.7 Å². The van der Waals surface area contributed by atoms with Crippen molar-refractivity contribution in [3.63, 3.8) is 0 Å². The molecule has 1 N–H and O–H groups in total. The summed E-state index contributed by atoms with van der Waals surface area (Å²) in [6, 6.07) is 20.2. The fourth-order valence-corrected chi connectivity index (χ4v) is 5.47. The third-order valence-electron chi connectivity index (χ3n) is 5.70. The van der Waals surface area contributed by atoms with Gasteiger partial charge in [-0.15, -0.1) is 11.3 Å². The zero-order chi connectivity index (χ0) is 23.9. The van der Waals surface area contributed by atoms with E-state index in [9.17, 15) is 4.79 Å². The molecule has 2 aromatic carbocycles. The molecule has 0 unspecified atom stereocenters. The minimum atomic E-state index is -0.323. The van der Waals surface area contributed by atoms with Crippen molar-refractivity contribution in [1.29, 1.82) is 0 Å². The fraction of sp³-hybridized carbons (Fsp3) is 0.308. The number of hydrogen-bond donors (Lipinski definition) is 1. The van der Waals surface area contributed by atoms with E-state index in [0.29, 0.717) is 17.3 Å². The van der Waals surface area contributed by atoms with Gasteiger partial charge < -0.3 is 15.0 Å². The van der Waals surface area contributed by atoms with E-state index < -0.39 is 0 Å². The van der Waals surface area contributed by atoms with Crippen LogP contribution in [0.4, 0.5) is 5.00 Å². The number of rotatable bonds is 7. The van der Waals surface area contributed by atoms with Crippen molar-refractivity contribution in [2.24, 2.45) is 0 Å². The van der Waals surface area contributed by atoms with Crippen molar-refractivity contribution < 1.29 is 9.53 Å². The van der Waals surface area contributed by atoms with Crippen molar-refractivity contribution in [2.45, 2.75) is 19.9 Å². The molecular weight excluding hydrogens is 486 g/mol. The molecule has 0 aliphatic carbocycles. The number of ether oxygens (including phenoxy) is 1.